The first kappa shape index (κ1) is 26.3. The summed E-state index contributed by atoms with van der Waals surface area (Å²) in [6.07, 6.45) is 0. The highest BCUT2D eigenvalue weighted by Crippen LogP contribution is 2.65. The fourth-order valence-electron chi connectivity index (χ4n) is 3.60. The van der Waals surface area contributed by atoms with Gasteiger partial charge in [-0.2, -0.15) is 0 Å². The minimum atomic E-state index is -1.43. The van der Waals surface area contributed by atoms with E-state index < -0.39 is 39.6 Å². The Kier molecular flexibility index (Phi) is 7.45. The van der Waals surface area contributed by atoms with Crippen LogP contribution in [0.1, 0.15) is 21.8 Å². The predicted molar refractivity (Wildman–Crippen MR) is 137 cm³/mol. The molecule has 1 fully saturated rings. The first-order valence-electron chi connectivity index (χ1n) is 9.79. The molecule has 2 amide bonds. The van der Waals surface area contributed by atoms with Crippen molar-refractivity contribution in [3.8, 4) is 0 Å². The molecule has 0 unspecified atom stereocenters. The second-order valence-corrected chi connectivity index (χ2v) is 10.7. The zero-order valence-corrected chi connectivity index (χ0v) is 21.6. The van der Waals surface area contributed by atoms with Gasteiger partial charge < -0.3 is 10.6 Å². The van der Waals surface area contributed by atoms with Crippen molar-refractivity contribution in [3.05, 3.63) is 91.4 Å². The van der Waals surface area contributed by atoms with Crippen molar-refractivity contribution in [1.29, 1.82) is 0 Å². The van der Waals surface area contributed by atoms with Crippen LogP contribution >= 0.6 is 69.6 Å². The molecular formula is C23H12Cl6F2N2O2. The molecule has 12 heteroatoms. The standard InChI is InChI=1S/C23H12Cl6F2N2O2/c24-13-3-2-11(8-12(13)21(34)33-17-4-1-10(30)7-16(17)31)32-22(35)19-18(23(19,28)29)9-5-14(25)20(27)15(26)6-9/h1-8,18-19H,(H,32,35)(H,33,34)/t18-,19+/m1/s1. The summed E-state index contributed by atoms with van der Waals surface area (Å²) in [5.74, 6) is -4.52. The van der Waals surface area contributed by atoms with Gasteiger partial charge in [-0.15, -0.1) is 23.2 Å². The second kappa shape index (κ2) is 9.92. The van der Waals surface area contributed by atoms with E-state index in [2.05, 4.69) is 10.6 Å². The topological polar surface area (TPSA) is 58.2 Å². The van der Waals surface area contributed by atoms with Crippen LogP contribution in [-0.4, -0.2) is 16.1 Å². The molecule has 1 aliphatic carbocycles. The van der Waals surface area contributed by atoms with Gasteiger partial charge in [0.25, 0.3) is 5.91 Å². The van der Waals surface area contributed by atoms with Crippen LogP contribution in [-0.2, 0) is 4.79 Å². The lowest BCUT2D eigenvalue weighted by molar-refractivity contribution is -0.117. The third-order valence-electron chi connectivity index (χ3n) is 5.36. The number of hydrogen-bond acceptors (Lipinski definition) is 2. The van der Waals surface area contributed by atoms with E-state index >= 15 is 0 Å². The fraction of sp³-hybridized carbons (Fsp3) is 0.130. The lowest BCUT2D eigenvalue weighted by Gasteiger charge is -2.11. The van der Waals surface area contributed by atoms with Crippen molar-refractivity contribution < 1.29 is 18.4 Å². The SMILES string of the molecule is O=C(Nc1ccc(F)cc1F)c1cc(NC(=O)[C@@H]2[C@@H](c3cc(Cl)c(Cl)c(Cl)c3)C2(Cl)Cl)ccc1Cl. The summed E-state index contributed by atoms with van der Waals surface area (Å²) in [5, 5.41) is 5.55. The van der Waals surface area contributed by atoms with Gasteiger partial charge >= 0.3 is 0 Å². The van der Waals surface area contributed by atoms with E-state index in [9.17, 15) is 18.4 Å². The number of carbonyl (C=O) groups is 2. The van der Waals surface area contributed by atoms with Crippen molar-refractivity contribution in [2.45, 2.75) is 10.3 Å². The molecule has 35 heavy (non-hydrogen) atoms. The molecule has 4 rings (SSSR count). The maximum atomic E-state index is 13.9. The van der Waals surface area contributed by atoms with E-state index in [1.54, 1.807) is 0 Å². The van der Waals surface area contributed by atoms with Gasteiger partial charge in [0.2, 0.25) is 5.91 Å². The summed E-state index contributed by atoms with van der Waals surface area (Å²) in [4.78, 5) is 25.6. The van der Waals surface area contributed by atoms with E-state index in [-0.39, 0.29) is 37.0 Å². The van der Waals surface area contributed by atoms with Crippen LogP contribution in [0.4, 0.5) is 20.2 Å². The molecule has 4 nitrogen and oxygen atoms in total. The number of alkyl halides is 2. The van der Waals surface area contributed by atoms with Crippen LogP contribution in [0.2, 0.25) is 20.1 Å². The molecule has 3 aromatic carbocycles. The Hall–Kier alpha value is -1.80. The quantitative estimate of drug-likeness (QED) is 0.229. The van der Waals surface area contributed by atoms with Gasteiger partial charge in [0.15, 0.2) is 0 Å². The normalized spacial score (nSPS) is 18.2. The molecule has 0 aliphatic heterocycles. The van der Waals surface area contributed by atoms with Crippen molar-refractivity contribution in [1.82, 2.24) is 0 Å². The monoisotopic (exact) mass is 596 g/mol. The zero-order chi connectivity index (χ0) is 25.7. The highest BCUT2D eigenvalue weighted by molar-refractivity contribution is 6.54. The fourth-order valence-corrected chi connectivity index (χ4v) is 5.24. The highest BCUT2D eigenvalue weighted by atomic mass is 35.5. The van der Waals surface area contributed by atoms with Crippen molar-refractivity contribution in [2.24, 2.45) is 5.92 Å². The smallest absolute Gasteiger partial charge is 0.257 e. The van der Waals surface area contributed by atoms with E-state index in [1.165, 1.54) is 30.3 Å². The first-order valence-corrected chi connectivity index (χ1v) is 12.1. The van der Waals surface area contributed by atoms with Crippen LogP contribution in [0.3, 0.4) is 0 Å². The van der Waals surface area contributed by atoms with Gasteiger partial charge in [-0.25, -0.2) is 8.78 Å². The Morgan fingerprint density at radius 2 is 1.49 bits per heavy atom. The number of amides is 2. The molecule has 0 saturated heterocycles. The molecule has 3 aromatic rings. The average molecular weight is 599 g/mol. The van der Waals surface area contributed by atoms with Crippen LogP contribution in [0.25, 0.3) is 0 Å². The van der Waals surface area contributed by atoms with E-state index in [4.69, 9.17) is 69.6 Å². The van der Waals surface area contributed by atoms with Crippen molar-refractivity contribution in [2.75, 3.05) is 10.6 Å². The number of benzene rings is 3. The Labute approximate surface area is 228 Å². The Balaban J connectivity index is 1.52. The third kappa shape index (κ3) is 5.33. The number of carbonyl (C=O) groups excluding carboxylic acids is 2. The van der Waals surface area contributed by atoms with Crippen LogP contribution in [0.5, 0.6) is 0 Å². The van der Waals surface area contributed by atoms with Crippen LogP contribution < -0.4 is 10.6 Å². The molecular weight excluding hydrogens is 587 g/mol. The number of halogens is 8. The van der Waals surface area contributed by atoms with E-state index in [0.29, 0.717) is 11.6 Å². The molecule has 1 aliphatic rings. The summed E-state index contributed by atoms with van der Waals surface area (Å²) in [7, 11) is 0. The maximum absolute atomic E-state index is 13.9. The van der Waals surface area contributed by atoms with Gasteiger partial charge in [-0.1, -0.05) is 46.4 Å². The Bertz CT molecular complexity index is 1340. The van der Waals surface area contributed by atoms with Crippen LogP contribution in [0.15, 0.2) is 48.5 Å². The second-order valence-electron chi connectivity index (χ2n) is 7.69. The van der Waals surface area contributed by atoms with Crippen molar-refractivity contribution in [3.63, 3.8) is 0 Å². The minimum absolute atomic E-state index is 0.0433. The molecule has 0 bridgehead atoms. The molecule has 0 heterocycles. The molecule has 0 spiro atoms. The molecule has 0 radical (unpaired) electrons. The third-order valence-corrected chi connectivity index (χ3v) is 7.83. The number of anilines is 2. The molecule has 0 aromatic heterocycles. The van der Waals surface area contributed by atoms with Gasteiger partial charge in [0.05, 0.1) is 37.3 Å². The van der Waals surface area contributed by atoms with Crippen LogP contribution in [0, 0.1) is 17.6 Å². The van der Waals surface area contributed by atoms with E-state index in [1.807, 2.05) is 0 Å². The summed E-state index contributed by atoms with van der Waals surface area (Å²) >= 11 is 37.0. The summed E-state index contributed by atoms with van der Waals surface area (Å²) < 4.78 is 25.6. The van der Waals surface area contributed by atoms with Crippen molar-refractivity contribution >= 4 is 92.8 Å². The number of rotatable bonds is 5. The molecule has 1 saturated carbocycles. The summed E-state index contributed by atoms with van der Waals surface area (Å²) in [5.41, 5.74) is 0.454. The van der Waals surface area contributed by atoms with Gasteiger partial charge in [-0.05, 0) is 48.0 Å². The largest absolute Gasteiger partial charge is 0.326 e. The highest BCUT2D eigenvalue weighted by Gasteiger charge is 2.67. The zero-order valence-electron chi connectivity index (χ0n) is 17.1. The minimum Gasteiger partial charge on any atom is -0.326 e. The Morgan fingerprint density at radius 1 is 0.829 bits per heavy atom. The van der Waals surface area contributed by atoms with Gasteiger partial charge in [-0.3, -0.25) is 9.59 Å². The van der Waals surface area contributed by atoms with Gasteiger partial charge in [0.1, 0.15) is 16.0 Å². The number of nitrogens with one attached hydrogen (secondary N) is 2. The number of hydrogen-bond donors (Lipinski definition) is 2. The average Bonchev–Trinajstić information content (AvgIpc) is 3.37. The molecule has 182 valence electrons. The summed E-state index contributed by atoms with van der Waals surface area (Å²) in [6.45, 7) is 0. The van der Waals surface area contributed by atoms with Gasteiger partial charge in [0, 0.05) is 17.7 Å². The lowest BCUT2D eigenvalue weighted by atomic mass is 10.1. The molecule has 2 N–H and O–H groups in total. The predicted octanol–water partition coefficient (Wildman–Crippen LogP) is 8.36. The van der Waals surface area contributed by atoms with E-state index in [0.717, 1.165) is 12.1 Å². The summed E-state index contributed by atoms with van der Waals surface area (Å²) in [6, 6.07) is 9.91. The first-order chi connectivity index (χ1) is 16.4. The lowest BCUT2D eigenvalue weighted by Crippen LogP contribution is -2.18. The molecule has 2 atom stereocenters. The Morgan fingerprint density at radius 3 is 2.11 bits per heavy atom. The maximum Gasteiger partial charge on any atom is 0.257 e.